The topological polar surface area (TPSA) is 78.3 Å². The minimum Gasteiger partial charge on any atom is -0.473 e. The molecule has 0 atom stereocenters. The van der Waals surface area contributed by atoms with Gasteiger partial charge in [-0.2, -0.15) is 4.52 Å². The predicted molar refractivity (Wildman–Crippen MR) is 53.5 cm³/mol. The second-order valence-corrected chi connectivity index (χ2v) is 3.67. The fraction of sp³-hybridized carbons (Fsp3) is 0.444. The third-order valence-corrected chi connectivity index (χ3v) is 2.60. The molecular weight excluding hydrogens is 194 g/mol. The summed E-state index contributed by atoms with van der Waals surface area (Å²) in [4.78, 5) is 0. The number of ether oxygens (including phenoxy) is 1. The monoisotopic (exact) mass is 205 g/mol. The Hall–Kier alpha value is -1.85. The summed E-state index contributed by atoms with van der Waals surface area (Å²) in [6.07, 6.45) is 3.77. The van der Waals surface area contributed by atoms with Crippen LogP contribution in [-0.4, -0.2) is 25.9 Å². The molecule has 1 saturated carbocycles. The fourth-order valence-corrected chi connectivity index (χ4v) is 1.51. The predicted octanol–water partition coefficient (Wildman–Crippen LogP) is 0.638. The molecule has 0 spiro atoms. The van der Waals surface area contributed by atoms with Gasteiger partial charge in [0.25, 0.3) is 0 Å². The molecule has 3 rings (SSSR count). The van der Waals surface area contributed by atoms with Gasteiger partial charge in [-0.25, -0.2) is 0 Å². The van der Waals surface area contributed by atoms with Crippen LogP contribution in [-0.2, 0) is 0 Å². The Balaban J connectivity index is 1.93. The van der Waals surface area contributed by atoms with Gasteiger partial charge in [0.2, 0.25) is 11.8 Å². The molecule has 6 nitrogen and oxygen atoms in total. The fourth-order valence-electron chi connectivity index (χ4n) is 1.51. The van der Waals surface area contributed by atoms with Crippen molar-refractivity contribution in [2.45, 2.75) is 25.4 Å². The summed E-state index contributed by atoms with van der Waals surface area (Å²) < 4.78 is 7.12. The number of hydrogen-bond donors (Lipinski definition) is 1. The van der Waals surface area contributed by atoms with Gasteiger partial charge in [-0.15, -0.1) is 15.3 Å². The van der Waals surface area contributed by atoms with Crippen molar-refractivity contribution in [3.63, 3.8) is 0 Å². The molecule has 0 aromatic carbocycles. The van der Waals surface area contributed by atoms with E-state index in [0.29, 0.717) is 17.6 Å². The minimum absolute atomic E-state index is 0.282. The van der Waals surface area contributed by atoms with Crippen LogP contribution in [0.4, 0.5) is 5.95 Å². The lowest BCUT2D eigenvalue weighted by Gasteiger charge is -2.25. The summed E-state index contributed by atoms with van der Waals surface area (Å²) in [5.74, 6) is 0.864. The van der Waals surface area contributed by atoms with Crippen molar-refractivity contribution in [3.05, 3.63) is 12.1 Å². The highest BCUT2D eigenvalue weighted by Gasteiger charge is 2.19. The number of nitrogens with zero attached hydrogens (tertiary/aromatic N) is 4. The van der Waals surface area contributed by atoms with Crippen molar-refractivity contribution in [2.75, 3.05) is 5.73 Å². The van der Waals surface area contributed by atoms with Crippen LogP contribution in [0.2, 0.25) is 0 Å². The molecule has 6 heteroatoms. The lowest BCUT2D eigenvalue weighted by atomic mass is 9.96. The average molecular weight is 205 g/mol. The summed E-state index contributed by atoms with van der Waals surface area (Å²) >= 11 is 0. The Morgan fingerprint density at radius 1 is 1.33 bits per heavy atom. The lowest BCUT2D eigenvalue weighted by molar-refractivity contribution is 0.113. The summed E-state index contributed by atoms with van der Waals surface area (Å²) in [6, 6.07) is 3.59. The molecule has 15 heavy (non-hydrogen) atoms. The Bertz CT molecular complexity index is 490. The number of nitrogen functional groups attached to an aromatic ring is 1. The highest BCUT2D eigenvalue weighted by molar-refractivity contribution is 5.42. The van der Waals surface area contributed by atoms with E-state index in [4.69, 9.17) is 10.5 Å². The van der Waals surface area contributed by atoms with Crippen molar-refractivity contribution in [2.24, 2.45) is 0 Å². The Kier molecular flexibility index (Phi) is 1.74. The van der Waals surface area contributed by atoms with Crippen molar-refractivity contribution >= 4 is 11.6 Å². The first-order valence-electron chi connectivity index (χ1n) is 4.97. The minimum atomic E-state index is 0.282. The second-order valence-electron chi connectivity index (χ2n) is 3.67. The first-order chi connectivity index (χ1) is 7.33. The third kappa shape index (κ3) is 1.38. The van der Waals surface area contributed by atoms with Gasteiger partial charge < -0.3 is 10.5 Å². The van der Waals surface area contributed by atoms with Crippen LogP contribution >= 0.6 is 0 Å². The summed E-state index contributed by atoms with van der Waals surface area (Å²) in [7, 11) is 0. The van der Waals surface area contributed by atoms with E-state index in [0.717, 1.165) is 12.8 Å². The molecule has 2 aromatic heterocycles. The zero-order chi connectivity index (χ0) is 10.3. The molecule has 0 saturated heterocycles. The van der Waals surface area contributed by atoms with Crippen molar-refractivity contribution in [3.8, 4) is 5.88 Å². The van der Waals surface area contributed by atoms with Gasteiger partial charge >= 0.3 is 0 Å². The van der Waals surface area contributed by atoms with Gasteiger partial charge in [0.05, 0.1) is 0 Å². The van der Waals surface area contributed by atoms with E-state index < -0.39 is 0 Å². The Morgan fingerprint density at radius 2 is 2.20 bits per heavy atom. The van der Waals surface area contributed by atoms with Crippen LogP contribution in [0, 0.1) is 0 Å². The summed E-state index contributed by atoms with van der Waals surface area (Å²) in [6.45, 7) is 0. The molecule has 1 aliphatic carbocycles. The van der Waals surface area contributed by atoms with Gasteiger partial charge in [-0.3, -0.25) is 0 Å². The number of rotatable bonds is 2. The van der Waals surface area contributed by atoms with Crippen LogP contribution in [0.5, 0.6) is 5.88 Å². The highest BCUT2D eigenvalue weighted by Crippen LogP contribution is 2.23. The molecule has 0 bridgehead atoms. The number of nitrogens with two attached hydrogens (primary N) is 1. The second kappa shape index (κ2) is 3.08. The van der Waals surface area contributed by atoms with E-state index in [2.05, 4.69) is 15.3 Å². The summed E-state index contributed by atoms with van der Waals surface area (Å²) in [5, 5.41) is 11.8. The Labute approximate surface area is 86.1 Å². The molecule has 0 amide bonds. The van der Waals surface area contributed by atoms with Crippen molar-refractivity contribution in [1.82, 2.24) is 19.8 Å². The van der Waals surface area contributed by atoms with Crippen LogP contribution in [0.25, 0.3) is 5.65 Å². The van der Waals surface area contributed by atoms with Gasteiger partial charge in [-0.05, 0) is 25.3 Å². The quantitative estimate of drug-likeness (QED) is 0.778. The van der Waals surface area contributed by atoms with E-state index >= 15 is 0 Å². The largest absolute Gasteiger partial charge is 0.473 e. The maximum Gasteiger partial charge on any atom is 0.243 e. The van der Waals surface area contributed by atoms with E-state index in [1.807, 2.05) is 0 Å². The normalized spacial score (nSPS) is 16.5. The van der Waals surface area contributed by atoms with E-state index in [9.17, 15) is 0 Å². The molecule has 2 N–H and O–H groups in total. The van der Waals surface area contributed by atoms with Gasteiger partial charge in [0.15, 0.2) is 5.65 Å². The molecule has 0 radical (unpaired) electrons. The smallest absolute Gasteiger partial charge is 0.243 e. The van der Waals surface area contributed by atoms with Crippen molar-refractivity contribution < 1.29 is 4.74 Å². The van der Waals surface area contributed by atoms with Crippen LogP contribution in [0.1, 0.15) is 19.3 Å². The van der Waals surface area contributed by atoms with Crippen LogP contribution in [0.15, 0.2) is 12.1 Å². The molecule has 78 valence electrons. The first kappa shape index (κ1) is 8.46. The summed E-state index contributed by atoms with van der Waals surface area (Å²) in [5.41, 5.74) is 6.23. The molecular formula is C9H11N5O. The zero-order valence-electron chi connectivity index (χ0n) is 8.13. The van der Waals surface area contributed by atoms with Gasteiger partial charge in [0, 0.05) is 6.07 Å². The zero-order valence-corrected chi connectivity index (χ0v) is 8.13. The molecule has 1 fully saturated rings. The maximum atomic E-state index is 5.64. The lowest BCUT2D eigenvalue weighted by Crippen LogP contribution is -2.25. The van der Waals surface area contributed by atoms with Crippen LogP contribution in [0.3, 0.4) is 0 Å². The maximum absolute atomic E-state index is 5.64. The molecule has 2 aromatic rings. The number of aromatic nitrogens is 4. The first-order valence-corrected chi connectivity index (χ1v) is 4.97. The van der Waals surface area contributed by atoms with E-state index in [1.54, 1.807) is 12.1 Å². The van der Waals surface area contributed by atoms with Gasteiger partial charge in [0.1, 0.15) is 6.10 Å². The SMILES string of the molecule is Nc1nnc2ccc(OC3CCC3)nn12. The Morgan fingerprint density at radius 3 is 2.93 bits per heavy atom. The van der Waals surface area contributed by atoms with Crippen molar-refractivity contribution in [1.29, 1.82) is 0 Å². The molecule has 1 aliphatic rings. The van der Waals surface area contributed by atoms with Crippen LogP contribution < -0.4 is 10.5 Å². The van der Waals surface area contributed by atoms with Gasteiger partial charge in [-0.1, -0.05) is 0 Å². The third-order valence-electron chi connectivity index (χ3n) is 2.60. The van der Waals surface area contributed by atoms with E-state index in [-0.39, 0.29) is 5.95 Å². The molecule has 0 unspecified atom stereocenters. The number of hydrogen-bond acceptors (Lipinski definition) is 5. The standard InChI is InChI=1S/C9H11N5O/c10-9-12-11-7-4-5-8(13-14(7)9)15-6-2-1-3-6/h4-6H,1-3H2,(H2,10,12). The average Bonchev–Trinajstić information content (AvgIpc) is 2.55. The number of anilines is 1. The number of fused-ring (bicyclic) bond motifs is 1. The molecule has 0 aliphatic heterocycles. The van der Waals surface area contributed by atoms with E-state index in [1.165, 1.54) is 10.9 Å². The molecule has 2 heterocycles. The highest BCUT2D eigenvalue weighted by atomic mass is 16.5.